The summed E-state index contributed by atoms with van der Waals surface area (Å²) < 4.78 is 1.67. The highest BCUT2D eigenvalue weighted by atomic mass is 16.3. The first-order valence-corrected chi connectivity index (χ1v) is 12.7. The molecule has 4 aromatic rings. The van der Waals surface area contributed by atoms with Crippen molar-refractivity contribution in [3.8, 4) is 11.1 Å². The summed E-state index contributed by atoms with van der Waals surface area (Å²) in [6.45, 7) is 4.22. The number of anilines is 1. The van der Waals surface area contributed by atoms with Gasteiger partial charge in [0, 0.05) is 54.5 Å². The molecule has 5 heterocycles. The number of carbonyl (C=O) groups excluding carboxylic acids is 1. The van der Waals surface area contributed by atoms with Crippen LogP contribution < -0.4 is 4.90 Å². The maximum absolute atomic E-state index is 13.2. The number of rotatable bonds is 6. The molecule has 9 heteroatoms. The van der Waals surface area contributed by atoms with Crippen molar-refractivity contribution in [3.05, 3.63) is 66.0 Å². The average Bonchev–Trinajstić information content (AvgIpc) is 3.28. The van der Waals surface area contributed by atoms with Gasteiger partial charge in [-0.15, -0.1) is 0 Å². The molecule has 37 heavy (non-hydrogen) atoms. The van der Waals surface area contributed by atoms with Crippen LogP contribution in [-0.4, -0.2) is 73.7 Å². The number of hydrogen-bond donors (Lipinski definition) is 1. The Kier molecular flexibility index (Phi) is 5.97. The zero-order valence-electron chi connectivity index (χ0n) is 21.3. The third kappa shape index (κ3) is 4.49. The number of pyridine rings is 1. The smallest absolute Gasteiger partial charge is 0.170 e. The second kappa shape index (κ2) is 9.32. The highest BCUT2D eigenvalue weighted by Gasteiger charge is 2.44. The molecule has 3 aromatic heterocycles. The Hall–Kier alpha value is -3.69. The van der Waals surface area contributed by atoms with Gasteiger partial charge in [0.25, 0.3) is 0 Å². The first kappa shape index (κ1) is 23.7. The Morgan fingerprint density at radius 3 is 2.65 bits per heavy atom. The van der Waals surface area contributed by atoms with Crippen LogP contribution in [0.25, 0.3) is 22.0 Å². The molecule has 2 saturated heterocycles. The number of aryl methyl sites for hydroxylation is 1. The molecule has 0 unspecified atom stereocenters. The summed E-state index contributed by atoms with van der Waals surface area (Å²) in [5.41, 5.74) is 4.30. The molecule has 0 radical (unpaired) electrons. The van der Waals surface area contributed by atoms with Crippen LogP contribution in [0.15, 0.2) is 48.9 Å². The normalized spacial score (nSPS) is 17.3. The molecular weight excluding hydrogens is 466 g/mol. The Balaban J connectivity index is 1.18. The van der Waals surface area contributed by atoms with Crippen LogP contribution in [0.2, 0.25) is 0 Å². The Morgan fingerprint density at radius 1 is 1.05 bits per heavy atom. The third-order valence-electron chi connectivity index (χ3n) is 7.97. The molecule has 2 fully saturated rings. The van der Waals surface area contributed by atoms with Gasteiger partial charge in [-0.1, -0.05) is 12.1 Å². The van der Waals surface area contributed by atoms with Gasteiger partial charge in [0.2, 0.25) is 0 Å². The average molecular weight is 498 g/mol. The predicted molar refractivity (Wildman–Crippen MR) is 141 cm³/mol. The van der Waals surface area contributed by atoms with Crippen LogP contribution in [0.4, 0.5) is 5.82 Å². The van der Waals surface area contributed by atoms with Gasteiger partial charge in [0.15, 0.2) is 5.78 Å². The second-order valence-electron chi connectivity index (χ2n) is 10.5. The van der Waals surface area contributed by atoms with Crippen molar-refractivity contribution in [1.29, 1.82) is 0 Å². The lowest BCUT2D eigenvalue weighted by atomic mass is 9.72. The molecule has 9 nitrogen and oxygen atoms in total. The van der Waals surface area contributed by atoms with Crippen LogP contribution >= 0.6 is 0 Å². The van der Waals surface area contributed by atoms with Gasteiger partial charge in [0.1, 0.15) is 11.6 Å². The van der Waals surface area contributed by atoms with E-state index in [1.165, 1.54) is 12.8 Å². The van der Waals surface area contributed by atoms with Crippen LogP contribution in [0.5, 0.6) is 0 Å². The van der Waals surface area contributed by atoms with E-state index in [1.807, 2.05) is 24.3 Å². The molecule has 0 saturated carbocycles. The van der Waals surface area contributed by atoms with Crippen LogP contribution in [0.1, 0.15) is 34.7 Å². The van der Waals surface area contributed by atoms with Gasteiger partial charge in [0.05, 0.1) is 30.4 Å². The number of piperidine rings is 1. The number of likely N-dealkylation sites (tertiary alicyclic amines) is 1. The van der Waals surface area contributed by atoms with E-state index in [0.29, 0.717) is 16.8 Å². The lowest BCUT2D eigenvalue weighted by molar-refractivity contribution is 0.0900. The minimum atomic E-state index is -0.100. The fraction of sp³-hybridized carbons (Fsp3) is 0.393. The van der Waals surface area contributed by atoms with Gasteiger partial charge in [-0.2, -0.15) is 5.10 Å². The van der Waals surface area contributed by atoms with Crippen molar-refractivity contribution in [1.82, 2.24) is 29.6 Å². The number of aromatic nitrogens is 5. The summed E-state index contributed by atoms with van der Waals surface area (Å²) in [5.74, 6) is 1.33. The maximum atomic E-state index is 13.2. The first-order valence-electron chi connectivity index (χ1n) is 12.7. The summed E-state index contributed by atoms with van der Waals surface area (Å²) in [4.78, 5) is 31.5. The van der Waals surface area contributed by atoms with Crippen LogP contribution in [0, 0.1) is 5.41 Å². The van der Waals surface area contributed by atoms with Crippen molar-refractivity contribution >= 4 is 22.5 Å². The number of ketones is 1. The van der Waals surface area contributed by atoms with E-state index >= 15 is 0 Å². The highest BCUT2D eigenvalue weighted by Crippen LogP contribution is 2.41. The summed E-state index contributed by atoms with van der Waals surface area (Å²) in [7, 11) is 3.99. The Labute approximate surface area is 215 Å². The van der Waals surface area contributed by atoms with Crippen molar-refractivity contribution in [2.45, 2.75) is 25.9 Å². The largest absolute Gasteiger partial charge is 0.390 e. The molecule has 0 bridgehead atoms. The zero-order chi connectivity index (χ0) is 25.6. The van der Waals surface area contributed by atoms with Gasteiger partial charge >= 0.3 is 0 Å². The van der Waals surface area contributed by atoms with E-state index in [0.717, 1.165) is 59.7 Å². The van der Waals surface area contributed by atoms with Crippen LogP contribution in [0.3, 0.4) is 0 Å². The van der Waals surface area contributed by atoms with E-state index in [2.05, 4.69) is 36.9 Å². The molecule has 0 atom stereocenters. The molecule has 2 aliphatic rings. The van der Waals surface area contributed by atoms with Gasteiger partial charge < -0.3 is 14.9 Å². The Morgan fingerprint density at radius 2 is 1.86 bits per heavy atom. The molecular formula is C28H31N7O2. The van der Waals surface area contributed by atoms with Gasteiger partial charge in [-0.05, 0) is 56.7 Å². The second-order valence-corrected chi connectivity index (χ2v) is 10.5. The van der Waals surface area contributed by atoms with E-state index in [4.69, 9.17) is 0 Å². The zero-order valence-corrected chi connectivity index (χ0v) is 21.3. The summed E-state index contributed by atoms with van der Waals surface area (Å²) in [6, 6.07) is 9.55. The first-order chi connectivity index (χ1) is 17.9. The van der Waals surface area contributed by atoms with Crippen molar-refractivity contribution in [2.24, 2.45) is 12.5 Å². The van der Waals surface area contributed by atoms with E-state index in [-0.39, 0.29) is 18.8 Å². The van der Waals surface area contributed by atoms with Crippen molar-refractivity contribution in [2.75, 3.05) is 38.1 Å². The molecule has 0 aliphatic carbocycles. The van der Waals surface area contributed by atoms with E-state index in [1.54, 1.807) is 36.4 Å². The molecule has 6 rings (SSSR count). The quantitative estimate of drug-likeness (QED) is 0.406. The minimum Gasteiger partial charge on any atom is -0.390 e. The molecule has 1 N–H and O–H groups in total. The highest BCUT2D eigenvalue weighted by molar-refractivity contribution is 5.98. The Bertz CT molecular complexity index is 1460. The van der Waals surface area contributed by atoms with Gasteiger partial charge in [-0.3, -0.25) is 9.48 Å². The van der Waals surface area contributed by atoms with Crippen LogP contribution in [-0.2, 0) is 20.1 Å². The number of Topliss-reactive ketones (excluding diaryl/α,β-unsaturated/α-hetero) is 1. The third-order valence-corrected chi connectivity index (χ3v) is 7.97. The summed E-state index contributed by atoms with van der Waals surface area (Å²) >= 11 is 0. The topological polar surface area (TPSA) is 100 Å². The number of hydrogen-bond acceptors (Lipinski definition) is 8. The number of aliphatic hydroxyl groups is 1. The number of fused-ring (bicyclic) bond motifs is 1. The SMILES string of the molecule is CN1CCC2(CC1)CN(c1cc(C(=O)Cc3ncc4ccc(-c5cnn(C)c5CO)cc4n3)ccn1)C2. The number of aliphatic hydroxyl groups excluding tert-OH is 1. The standard InChI is InChI=1S/C28H31N7O2/c1-33-9-6-28(7-10-33)17-35(18-28)27-12-20(5-8-29-27)25(37)13-26-30-14-21-4-3-19(11-23(21)32-26)22-15-31-34(2)24(22)16-36/h3-5,8,11-12,14-15,36H,6-7,9-10,13,16-18H2,1-2H3. The molecule has 0 amide bonds. The number of benzene rings is 1. The fourth-order valence-corrected chi connectivity index (χ4v) is 5.55. The number of carbonyl (C=O) groups is 1. The van der Waals surface area contributed by atoms with E-state index in [9.17, 15) is 9.90 Å². The van der Waals surface area contributed by atoms with E-state index < -0.39 is 0 Å². The summed E-state index contributed by atoms with van der Waals surface area (Å²) in [5, 5.41) is 14.9. The molecule has 2 aliphatic heterocycles. The molecule has 190 valence electrons. The lowest BCUT2D eigenvalue weighted by Crippen LogP contribution is -2.60. The number of nitrogens with zero attached hydrogens (tertiary/aromatic N) is 7. The lowest BCUT2D eigenvalue weighted by Gasteiger charge is -2.54. The monoisotopic (exact) mass is 497 g/mol. The van der Waals surface area contributed by atoms with Gasteiger partial charge in [-0.25, -0.2) is 15.0 Å². The summed E-state index contributed by atoms with van der Waals surface area (Å²) in [6.07, 6.45) is 7.79. The fourth-order valence-electron chi connectivity index (χ4n) is 5.55. The van der Waals surface area contributed by atoms with Crippen molar-refractivity contribution < 1.29 is 9.90 Å². The molecule has 1 spiro atoms. The molecule has 1 aromatic carbocycles. The predicted octanol–water partition coefficient (Wildman–Crippen LogP) is 2.88. The minimum absolute atomic E-state index is 0.0245. The maximum Gasteiger partial charge on any atom is 0.170 e. The van der Waals surface area contributed by atoms with Crippen molar-refractivity contribution in [3.63, 3.8) is 0 Å².